The van der Waals surface area contributed by atoms with Crippen molar-refractivity contribution in [3.8, 4) is 0 Å². The van der Waals surface area contributed by atoms with Gasteiger partial charge in [-0.05, 0) is 6.42 Å². The molecule has 0 amide bonds. The fraction of sp³-hybridized carbons (Fsp3) is 0.875. The second-order valence-corrected chi connectivity index (χ2v) is 4.04. The molecule has 4 fully saturated rings. The molecule has 0 radical (unpaired) electrons. The van der Waals surface area contributed by atoms with E-state index in [0.29, 0.717) is 24.0 Å². The molecular formula is C8H8O4. The van der Waals surface area contributed by atoms with Crippen LogP contribution in [0, 0.1) is 11.8 Å². The predicted molar refractivity (Wildman–Crippen MR) is 35.4 cm³/mol. The van der Waals surface area contributed by atoms with Crippen molar-refractivity contribution in [3.63, 3.8) is 0 Å². The van der Waals surface area contributed by atoms with Gasteiger partial charge >= 0.3 is 6.16 Å². The van der Waals surface area contributed by atoms with E-state index in [1.54, 1.807) is 0 Å². The van der Waals surface area contributed by atoms with E-state index in [9.17, 15) is 4.79 Å². The third-order valence-electron chi connectivity index (χ3n) is 3.58. The molecule has 2 bridgehead atoms. The van der Waals surface area contributed by atoms with E-state index in [1.165, 1.54) is 0 Å². The maximum Gasteiger partial charge on any atom is 0.509 e. The molecule has 4 nitrogen and oxygen atoms in total. The Labute approximate surface area is 68.8 Å². The van der Waals surface area contributed by atoms with Crippen LogP contribution in [0.1, 0.15) is 6.42 Å². The van der Waals surface area contributed by atoms with E-state index in [-0.39, 0.29) is 12.2 Å². The van der Waals surface area contributed by atoms with Crippen LogP contribution in [0.2, 0.25) is 0 Å². The topological polar surface area (TPSA) is 48.1 Å². The lowest BCUT2D eigenvalue weighted by atomic mass is 9.95. The van der Waals surface area contributed by atoms with Crippen LogP contribution in [0.4, 0.5) is 4.79 Å². The van der Waals surface area contributed by atoms with Gasteiger partial charge in [0.05, 0.1) is 12.2 Å². The van der Waals surface area contributed by atoms with Crippen molar-refractivity contribution in [3.05, 3.63) is 0 Å². The number of fused-ring (bicyclic) bond motifs is 8. The van der Waals surface area contributed by atoms with Gasteiger partial charge in [-0.3, -0.25) is 0 Å². The monoisotopic (exact) mass is 168 g/mol. The van der Waals surface area contributed by atoms with Crippen LogP contribution in [0.15, 0.2) is 0 Å². The van der Waals surface area contributed by atoms with Crippen molar-refractivity contribution in [1.29, 1.82) is 0 Å². The summed E-state index contributed by atoms with van der Waals surface area (Å²) in [6, 6.07) is 0. The minimum Gasteiger partial charge on any atom is -0.427 e. The maximum absolute atomic E-state index is 10.8. The van der Waals surface area contributed by atoms with Crippen LogP contribution in [0.5, 0.6) is 0 Å². The molecule has 2 saturated carbocycles. The Bertz CT molecular complexity index is 252. The predicted octanol–water partition coefficient (Wildman–Crippen LogP) is 0.307. The summed E-state index contributed by atoms with van der Waals surface area (Å²) >= 11 is 0. The first-order valence-electron chi connectivity index (χ1n) is 4.37. The SMILES string of the molecule is O=C1O[C@@H]2[C@H]3C[C@@H]([C@@H]2O1)[C@@H]1O[C@H]31. The summed E-state index contributed by atoms with van der Waals surface area (Å²) in [6.45, 7) is 0. The Kier molecular flexibility index (Phi) is 0.718. The molecule has 0 spiro atoms. The van der Waals surface area contributed by atoms with Crippen molar-refractivity contribution in [2.24, 2.45) is 11.8 Å². The Morgan fingerprint density at radius 3 is 2.17 bits per heavy atom. The molecule has 4 aliphatic rings. The van der Waals surface area contributed by atoms with Gasteiger partial charge in [-0.15, -0.1) is 0 Å². The summed E-state index contributed by atoms with van der Waals surface area (Å²) < 4.78 is 15.6. The first kappa shape index (κ1) is 5.80. The third-order valence-corrected chi connectivity index (χ3v) is 3.58. The Morgan fingerprint density at radius 2 is 1.58 bits per heavy atom. The zero-order valence-corrected chi connectivity index (χ0v) is 6.30. The lowest BCUT2D eigenvalue weighted by Crippen LogP contribution is -2.33. The van der Waals surface area contributed by atoms with Gasteiger partial charge in [-0.25, -0.2) is 4.79 Å². The molecule has 4 rings (SSSR count). The number of hydrogen-bond acceptors (Lipinski definition) is 4. The van der Waals surface area contributed by atoms with Gasteiger partial charge in [0.15, 0.2) is 0 Å². The van der Waals surface area contributed by atoms with Gasteiger partial charge in [0.2, 0.25) is 0 Å². The molecule has 2 aliphatic carbocycles. The number of epoxide rings is 1. The summed E-state index contributed by atoms with van der Waals surface area (Å²) in [5.41, 5.74) is 0. The van der Waals surface area contributed by atoms with Gasteiger partial charge in [0.1, 0.15) is 12.2 Å². The normalized spacial score (nSPS) is 63.8. The second kappa shape index (κ2) is 1.48. The van der Waals surface area contributed by atoms with Crippen LogP contribution in [-0.2, 0) is 14.2 Å². The Morgan fingerprint density at radius 1 is 1.00 bits per heavy atom. The Hall–Kier alpha value is -0.770. The van der Waals surface area contributed by atoms with Crippen molar-refractivity contribution in [2.75, 3.05) is 0 Å². The van der Waals surface area contributed by atoms with E-state index < -0.39 is 6.16 Å². The molecule has 4 heteroatoms. The fourth-order valence-corrected chi connectivity index (χ4v) is 3.10. The van der Waals surface area contributed by atoms with Crippen molar-refractivity contribution >= 4 is 6.16 Å². The van der Waals surface area contributed by atoms with Crippen LogP contribution in [-0.4, -0.2) is 30.6 Å². The molecule has 0 N–H and O–H groups in total. The average molecular weight is 168 g/mol. The summed E-state index contributed by atoms with van der Waals surface area (Å²) in [7, 11) is 0. The highest BCUT2D eigenvalue weighted by Crippen LogP contribution is 2.59. The molecule has 12 heavy (non-hydrogen) atoms. The van der Waals surface area contributed by atoms with Gasteiger partial charge in [-0.2, -0.15) is 0 Å². The molecule has 2 aliphatic heterocycles. The van der Waals surface area contributed by atoms with Crippen LogP contribution < -0.4 is 0 Å². The second-order valence-electron chi connectivity index (χ2n) is 4.04. The molecule has 2 saturated heterocycles. The lowest BCUT2D eigenvalue weighted by Gasteiger charge is -2.15. The van der Waals surface area contributed by atoms with Crippen LogP contribution >= 0.6 is 0 Å². The van der Waals surface area contributed by atoms with E-state index in [1.807, 2.05) is 0 Å². The van der Waals surface area contributed by atoms with Gasteiger partial charge < -0.3 is 14.2 Å². The van der Waals surface area contributed by atoms with Crippen molar-refractivity contribution in [1.82, 2.24) is 0 Å². The number of rotatable bonds is 0. The smallest absolute Gasteiger partial charge is 0.427 e. The summed E-state index contributed by atoms with van der Waals surface area (Å²) in [5.74, 6) is 0.855. The number of carbonyl (C=O) groups is 1. The first-order valence-corrected chi connectivity index (χ1v) is 4.37. The lowest BCUT2D eigenvalue weighted by molar-refractivity contribution is 0.0857. The van der Waals surface area contributed by atoms with Crippen LogP contribution in [0.25, 0.3) is 0 Å². The fourth-order valence-electron chi connectivity index (χ4n) is 3.10. The quantitative estimate of drug-likeness (QED) is 0.385. The van der Waals surface area contributed by atoms with E-state index in [0.717, 1.165) is 6.42 Å². The minimum atomic E-state index is -0.485. The van der Waals surface area contributed by atoms with Crippen molar-refractivity contribution < 1.29 is 19.0 Å². The van der Waals surface area contributed by atoms with E-state index >= 15 is 0 Å². The number of carbonyl (C=O) groups excluding carboxylic acids is 1. The molecule has 0 aromatic carbocycles. The van der Waals surface area contributed by atoms with E-state index in [4.69, 9.17) is 14.2 Å². The van der Waals surface area contributed by atoms with Gasteiger partial charge in [0, 0.05) is 11.8 Å². The molecule has 6 atom stereocenters. The number of hydrogen-bond donors (Lipinski definition) is 0. The highest BCUT2D eigenvalue weighted by molar-refractivity contribution is 5.63. The van der Waals surface area contributed by atoms with Gasteiger partial charge in [0.25, 0.3) is 0 Å². The van der Waals surface area contributed by atoms with Crippen LogP contribution in [0.3, 0.4) is 0 Å². The van der Waals surface area contributed by atoms with Crippen molar-refractivity contribution in [2.45, 2.75) is 30.8 Å². The first-order chi connectivity index (χ1) is 5.84. The largest absolute Gasteiger partial charge is 0.509 e. The minimum absolute atomic E-state index is 0.00579. The molecular weight excluding hydrogens is 160 g/mol. The Balaban J connectivity index is 1.76. The maximum atomic E-state index is 10.8. The number of ether oxygens (including phenoxy) is 3. The molecule has 0 aromatic heterocycles. The zero-order chi connectivity index (χ0) is 7.87. The summed E-state index contributed by atoms with van der Waals surface area (Å²) in [4.78, 5) is 10.8. The zero-order valence-electron chi connectivity index (χ0n) is 6.30. The molecule has 0 aromatic rings. The van der Waals surface area contributed by atoms with Gasteiger partial charge in [-0.1, -0.05) is 0 Å². The standard InChI is InChI=1S/C8H8O4/c9-8-11-6-2-1-3(7(6)12-8)5-4(2)10-5/h2-7H,1H2/t2-,3+,4+,5-,6+,7-. The summed E-state index contributed by atoms with van der Waals surface area (Å²) in [6.07, 6.45) is 1.41. The highest BCUT2D eigenvalue weighted by Gasteiger charge is 2.71. The highest BCUT2D eigenvalue weighted by atomic mass is 16.8. The molecule has 64 valence electrons. The average Bonchev–Trinajstić information content (AvgIpc) is 2.48. The third kappa shape index (κ3) is 0.451. The summed E-state index contributed by atoms with van der Waals surface area (Å²) in [5, 5.41) is 0. The van der Waals surface area contributed by atoms with E-state index in [2.05, 4.69) is 0 Å². The molecule has 2 heterocycles. The molecule has 0 unspecified atom stereocenters.